The highest BCUT2D eigenvalue weighted by atomic mass is 16.5. The first-order valence-electron chi connectivity index (χ1n) is 6.36. The molecule has 3 N–H and O–H groups in total. The largest absolute Gasteiger partial charge is 0.494 e. The van der Waals surface area contributed by atoms with Crippen LogP contribution in [0.2, 0.25) is 0 Å². The summed E-state index contributed by atoms with van der Waals surface area (Å²) in [7, 11) is 0. The number of benzene rings is 1. The molecular weight excluding hydrogens is 230 g/mol. The van der Waals surface area contributed by atoms with E-state index in [-0.39, 0.29) is 6.04 Å². The molecule has 0 aliphatic carbocycles. The van der Waals surface area contributed by atoms with Crippen LogP contribution in [-0.4, -0.2) is 35.5 Å². The summed E-state index contributed by atoms with van der Waals surface area (Å²) in [5.41, 5.74) is 0.837. The molecule has 0 heterocycles. The molecule has 0 aliphatic rings. The molecule has 3 unspecified atom stereocenters. The smallest absolute Gasteiger partial charge is 0.119 e. The van der Waals surface area contributed by atoms with Gasteiger partial charge in [0.1, 0.15) is 5.75 Å². The lowest BCUT2D eigenvalue weighted by atomic mass is 10.0. The first-order valence-corrected chi connectivity index (χ1v) is 6.36. The highest BCUT2D eigenvalue weighted by Gasteiger charge is 2.16. The maximum Gasteiger partial charge on any atom is 0.119 e. The lowest BCUT2D eigenvalue weighted by molar-refractivity contribution is 0.121. The summed E-state index contributed by atoms with van der Waals surface area (Å²) in [5, 5.41) is 22.4. The van der Waals surface area contributed by atoms with Crippen LogP contribution in [0.5, 0.6) is 5.75 Å². The fourth-order valence-electron chi connectivity index (χ4n) is 1.68. The average molecular weight is 253 g/mol. The number of aliphatic hydroxyl groups is 2. The summed E-state index contributed by atoms with van der Waals surface area (Å²) in [6, 6.07) is 7.30. The van der Waals surface area contributed by atoms with Gasteiger partial charge in [0.2, 0.25) is 0 Å². The van der Waals surface area contributed by atoms with E-state index >= 15 is 0 Å². The second-order valence-electron chi connectivity index (χ2n) is 4.49. The van der Waals surface area contributed by atoms with Crippen molar-refractivity contribution in [1.82, 2.24) is 5.32 Å². The highest BCUT2D eigenvalue weighted by Crippen LogP contribution is 2.20. The number of nitrogens with one attached hydrogen (secondary N) is 1. The Morgan fingerprint density at radius 3 is 2.28 bits per heavy atom. The van der Waals surface area contributed by atoms with Crippen molar-refractivity contribution >= 4 is 0 Å². The Hall–Kier alpha value is -1.10. The van der Waals surface area contributed by atoms with E-state index < -0.39 is 12.2 Å². The van der Waals surface area contributed by atoms with E-state index in [2.05, 4.69) is 5.32 Å². The zero-order valence-corrected chi connectivity index (χ0v) is 11.3. The van der Waals surface area contributed by atoms with Crippen molar-refractivity contribution in [1.29, 1.82) is 0 Å². The van der Waals surface area contributed by atoms with Crippen LogP contribution in [0, 0.1) is 0 Å². The van der Waals surface area contributed by atoms with E-state index in [0.717, 1.165) is 11.3 Å². The van der Waals surface area contributed by atoms with E-state index in [1.165, 1.54) is 0 Å². The highest BCUT2D eigenvalue weighted by molar-refractivity contribution is 5.29. The van der Waals surface area contributed by atoms with Crippen molar-refractivity contribution in [3.05, 3.63) is 29.8 Å². The van der Waals surface area contributed by atoms with Gasteiger partial charge in [0, 0.05) is 12.6 Å². The van der Waals surface area contributed by atoms with Crippen LogP contribution in [0.3, 0.4) is 0 Å². The average Bonchev–Trinajstić information content (AvgIpc) is 2.36. The first-order chi connectivity index (χ1) is 8.54. The lowest BCUT2D eigenvalue weighted by Crippen LogP contribution is -2.36. The van der Waals surface area contributed by atoms with Gasteiger partial charge in [-0.25, -0.2) is 0 Å². The van der Waals surface area contributed by atoms with Crippen LogP contribution in [0.1, 0.15) is 32.4 Å². The summed E-state index contributed by atoms with van der Waals surface area (Å²) in [6.07, 6.45) is -1.01. The molecule has 0 spiro atoms. The van der Waals surface area contributed by atoms with Gasteiger partial charge < -0.3 is 20.3 Å². The van der Waals surface area contributed by atoms with Crippen LogP contribution in [0.4, 0.5) is 0 Å². The van der Waals surface area contributed by atoms with Crippen molar-refractivity contribution < 1.29 is 14.9 Å². The van der Waals surface area contributed by atoms with Gasteiger partial charge in [0.05, 0.1) is 18.8 Å². The number of hydrogen-bond acceptors (Lipinski definition) is 4. The Bertz CT molecular complexity index is 337. The molecule has 1 rings (SSSR count). The van der Waals surface area contributed by atoms with Gasteiger partial charge in [0.25, 0.3) is 0 Å². The molecule has 18 heavy (non-hydrogen) atoms. The molecule has 1 aromatic rings. The molecule has 0 saturated carbocycles. The third-order valence-electron chi connectivity index (χ3n) is 2.74. The van der Waals surface area contributed by atoms with E-state index in [1.54, 1.807) is 6.92 Å². The van der Waals surface area contributed by atoms with Crippen LogP contribution >= 0.6 is 0 Å². The number of rotatable bonds is 7. The summed E-state index contributed by atoms with van der Waals surface area (Å²) in [4.78, 5) is 0. The monoisotopic (exact) mass is 253 g/mol. The van der Waals surface area contributed by atoms with E-state index in [4.69, 9.17) is 4.74 Å². The summed E-state index contributed by atoms with van der Waals surface area (Å²) in [6.45, 7) is 6.64. The van der Waals surface area contributed by atoms with E-state index in [1.807, 2.05) is 38.1 Å². The van der Waals surface area contributed by atoms with Gasteiger partial charge in [0.15, 0.2) is 0 Å². The fourth-order valence-corrected chi connectivity index (χ4v) is 1.68. The zero-order valence-electron chi connectivity index (χ0n) is 11.3. The lowest BCUT2D eigenvalue weighted by Gasteiger charge is -2.21. The summed E-state index contributed by atoms with van der Waals surface area (Å²) < 4.78 is 5.35. The van der Waals surface area contributed by atoms with E-state index in [9.17, 15) is 10.2 Å². The van der Waals surface area contributed by atoms with Crippen molar-refractivity contribution in [3.8, 4) is 5.75 Å². The standard InChI is InChI=1S/C14H23NO3/c1-4-18-13-7-5-12(6-8-13)14(17)11(3)15-9-10(2)16/h5-8,10-11,14-17H,4,9H2,1-3H3. The molecule has 3 atom stereocenters. The van der Waals surface area contributed by atoms with E-state index in [0.29, 0.717) is 13.2 Å². The molecule has 4 nitrogen and oxygen atoms in total. The van der Waals surface area contributed by atoms with Crippen molar-refractivity contribution in [2.75, 3.05) is 13.2 Å². The molecule has 4 heteroatoms. The number of aliphatic hydroxyl groups excluding tert-OH is 2. The molecule has 0 radical (unpaired) electrons. The quantitative estimate of drug-likeness (QED) is 0.689. The maximum absolute atomic E-state index is 10.1. The third-order valence-corrected chi connectivity index (χ3v) is 2.74. The minimum atomic E-state index is -0.598. The van der Waals surface area contributed by atoms with Crippen LogP contribution in [-0.2, 0) is 0 Å². The Labute approximate surface area is 109 Å². The Balaban J connectivity index is 2.57. The third kappa shape index (κ3) is 4.64. The topological polar surface area (TPSA) is 61.7 Å². The molecule has 1 aromatic carbocycles. The van der Waals surface area contributed by atoms with Crippen LogP contribution in [0.15, 0.2) is 24.3 Å². The second-order valence-corrected chi connectivity index (χ2v) is 4.49. The first kappa shape index (κ1) is 15.0. The van der Waals surface area contributed by atoms with Gasteiger partial charge in [-0.15, -0.1) is 0 Å². The molecule has 0 aromatic heterocycles. The predicted octanol–water partition coefficient (Wildman–Crippen LogP) is 1.48. The number of ether oxygens (including phenoxy) is 1. The minimum absolute atomic E-state index is 0.113. The normalized spacial score (nSPS) is 16.1. The molecular formula is C14H23NO3. The SMILES string of the molecule is CCOc1ccc(C(O)C(C)NCC(C)O)cc1. The molecule has 0 fully saturated rings. The summed E-state index contributed by atoms with van der Waals surface area (Å²) >= 11 is 0. The van der Waals surface area contributed by atoms with Gasteiger partial charge in [-0.1, -0.05) is 12.1 Å². The molecule has 102 valence electrons. The minimum Gasteiger partial charge on any atom is -0.494 e. The molecule has 0 aliphatic heterocycles. The Morgan fingerprint density at radius 1 is 1.17 bits per heavy atom. The predicted molar refractivity (Wildman–Crippen MR) is 71.7 cm³/mol. The fraction of sp³-hybridized carbons (Fsp3) is 0.571. The van der Waals surface area contributed by atoms with Gasteiger partial charge in [-0.3, -0.25) is 0 Å². The maximum atomic E-state index is 10.1. The second kappa shape index (κ2) is 7.36. The Morgan fingerprint density at radius 2 is 1.78 bits per heavy atom. The van der Waals surface area contributed by atoms with Crippen molar-refractivity contribution in [3.63, 3.8) is 0 Å². The van der Waals surface area contributed by atoms with Crippen LogP contribution < -0.4 is 10.1 Å². The van der Waals surface area contributed by atoms with Crippen molar-refractivity contribution in [2.24, 2.45) is 0 Å². The zero-order chi connectivity index (χ0) is 13.5. The van der Waals surface area contributed by atoms with Gasteiger partial charge in [-0.05, 0) is 38.5 Å². The molecule has 0 saturated heterocycles. The van der Waals surface area contributed by atoms with Crippen LogP contribution in [0.25, 0.3) is 0 Å². The molecule has 0 amide bonds. The van der Waals surface area contributed by atoms with Crippen molar-refractivity contribution in [2.45, 2.75) is 39.0 Å². The Kier molecular flexibility index (Phi) is 6.12. The van der Waals surface area contributed by atoms with Gasteiger partial charge >= 0.3 is 0 Å². The summed E-state index contributed by atoms with van der Waals surface area (Å²) in [5.74, 6) is 0.804. The van der Waals surface area contributed by atoms with Gasteiger partial charge in [-0.2, -0.15) is 0 Å². The number of hydrogen-bond donors (Lipinski definition) is 3. The molecule has 0 bridgehead atoms.